The average Bonchev–Trinajstić information content (AvgIpc) is 2.35. The van der Waals surface area contributed by atoms with Crippen molar-refractivity contribution < 1.29 is 5.11 Å². The molecule has 92 valence electrons. The summed E-state index contributed by atoms with van der Waals surface area (Å²) in [6.07, 6.45) is 1.18. The molecule has 2 atom stereocenters. The summed E-state index contributed by atoms with van der Waals surface area (Å²) in [5.74, 6) is 0.826. The normalized spacial score (nSPS) is 13.8. The van der Waals surface area contributed by atoms with Crippen molar-refractivity contribution in [2.45, 2.75) is 26.9 Å². The first-order chi connectivity index (χ1) is 8.08. The van der Waals surface area contributed by atoms with E-state index in [0.29, 0.717) is 6.54 Å². The van der Waals surface area contributed by atoms with Crippen LogP contribution in [0.3, 0.4) is 0 Å². The van der Waals surface area contributed by atoms with E-state index in [9.17, 15) is 5.11 Å². The van der Waals surface area contributed by atoms with E-state index in [2.05, 4.69) is 16.0 Å². The van der Waals surface area contributed by atoms with Gasteiger partial charge in [0, 0.05) is 19.3 Å². The summed E-state index contributed by atoms with van der Waals surface area (Å²) in [5, 5.41) is 18.2. The molecule has 1 aromatic heterocycles. The number of hydrogen-bond acceptors (Lipinski definition) is 4. The van der Waals surface area contributed by atoms with Gasteiger partial charge in [-0.3, -0.25) is 0 Å². The lowest BCUT2D eigenvalue weighted by Crippen LogP contribution is -2.28. The van der Waals surface area contributed by atoms with Crippen molar-refractivity contribution in [2.75, 3.05) is 18.0 Å². The number of pyridine rings is 1. The van der Waals surface area contributed by atoms with E-state index in [1.807, 2.05) is 26.0 Å². The second-order valence-electron chi connectivity index (χ2n) is 4.19. The molecule has 1 N–H and O–H groups in total. The van der Waals surface area contributed by atoms with Crippen LogP contribution >= 0.6 is 0 Å². The first-order valence-corrected chi connectivity index (χ1v) is 5.87. The fourth-order valence-electron chi connectivity index (χ4n) is 1.59. The fourth-order valence-corrected chi connectivity index (χ4v) is 1.59. The lowest BCUT2D eigenvalue weighted by Gasteiger charge is -2.23. The van der Waals surface area contributed by atoms with Crippen molar-refractivity contribution in [1.29, 1.82) is 5.26 Å². The van der Waals surface area contributed by atoms with E-state index >= 15 is 0 Å². The zero-order chi connectivity index (χ0) is 12.8. The molecule has 0 saturated carbocycles. The van der Waals surface area contributed by atoms with Crippen LogP contribution < -0.4 is 4.90 Å². The minimum atomic E-state index is -0.496. The fraction of sp³-hybridized carbons (Fsp3) is 0.538. The maximum absolute atomic E-state index is 9.40. The van der Waals surface area contributed by atoms with Gasteiger partial charge in [-0.25, -0.2) is 4.98 Å². The highest BCUT2D eigenvalue weighted by atomic mass is 16.3. The van der Waals surface area contributed by atoms with Gasteiger partial charge in [0.15, 0.2) is 0 Å². The molecule has 4 nitrogen and oxygen atoms in total. The summed E-state index contributed by atoms with van der Waals surface area (Å²) in [5.41, 5.74) is 0.804. The third-order valence-corrected chi connectivity index (χ3v) is 2.67. The number of aliphatic hydroxyl groups excluding tert-OH is 1. The Balaban J connectivity index is 2.79. The molecule has 1 aromatic rings. The molecule has 4 heteroatoms. The SMILES string of the molecule is CCN(CC(C)C#N)c1ccc(C(C)O)cn1. The van der Waals surface area contributed by atoms with E-state index in [-0.39, 0.29) is 5.92 Å². The molecular formula is C13H19N3O. The van der Waals surface area contributed by atoms with E-state index < -0.39 is 6.10 Å². The van der Waals surface area contributed by atoms with Crippen LogP contribution in [0.4, 0.5) is 5.82 Å². The monoisotopic (exact) mass is 233 g/mol. The van der Waals surface area contributed by atoms with Crippen LogP contribution in [0.25, 0.3) is 0 Å². The molecule has 17 heavy (non-hydrogen) atoms. The summed E-state index contributed by atoms with van der Waals surface area (Å²) in [4.78, 5) is 6.37. The number of aliphatic hydroxyl groups is 1. The molecule has 0 saturated heterocycles. The molecule has 0 amide bonds. The van der Waals surface area contributed by atoms with Gasteiger partial charge in [0.25, 0.3) is 0 Å². The summed E-state index contributed by atoms with van der Waals surface area (Å²) in [6.45, 7) is 7.13. The molecular weight excluding hydrogens is 214 g/mol. The van der Waals surface area contributed by atoms with Gasteiger partial charge in [-0.15, -0.1) is 0 Å². The summed E-state index contributed by atoms with van der Waals surface area (Å²) < 4.78 is 0. The van der Waals surface area contributed by atoms with Crippen molar-refractivity contribution in [1.82, 2.24) is 4.98 Å². The van der Waals surface area contributed by atoms with Crippen molar-refractivity contribution in [3.05, 3.63) is 23.9 Å². The van der Waals surface area contributed by atoms with Gasteiger partial charge in [0.1, 0.15) is 5.82 Å². The maximum Gasteiger partial charge on any atom is 0.128 e. The summed E-state index contributed by atoms with van der Waals surface area (Å²) in [6, 6.07) is 5.97. The molecule has 0 aliphatic carbocycles. The molecule has 0 bridgehead atoms. The standard InChI is InChI=1S/C13H19N3O/c1-4-16(9-10(2)7-14)13-6-5-12(8-15-13)11(3)17/h5-6,8,10-11,17H,4,9H2,1-3H3. The van der Waals surface area contributed by atoms with E-state index in [4.69, 9.17) is 5.26 Å². The second kappa shape index (κ2) is 6.21. The maximum atomic E-state index is 9.40. The van der Waals surface area contributed by atoms with Crippen molar-refractivity contribution >= 4 is 5.82 Å². The number of nitrogens with zero attached hydrogens (tertiary/aromatic N) is 3. The Kier molecular flexibility index (Phi) is 4.92. The van der Waals surface area contributed by atoms with Crippen LogP contribution in [-0.4, -0.2) is 23.2 Å². The zero-order valence-electron chi connectivity index (χ0n) is 10.6. The van der Waals surface area contributed by atoms with Gasteiger partial charge in [-0.05, 0) is 32.4 Å². The number of rotatable bonds is 5. The minimum Gasteiger partial charge on any atom is -0.389 e. The molecule has 1 rings (SSSR count). The minimum absolute atomic E-state index is 0.0202. The Bertz CT molecular complexity index is 381. The average molecular weight is 233 g/mol. The van der Waals surface area contributed by atoms with Crippen molar-refractivity contribution in [3.8, 4) is 6.07 Å². The van der Waals surface area contributed by atoms with Gasteiger partial charge in [0.05, 0.1) is 18.1 Å². The molecule has 0 radical (unpaired) electrons. The number of nitriles is 1. The number of aromatic nitrogens is 1. The second-order valence-corrected chi connectivity index (χ2v) is 4.19. The highest BCUT2D eigenvalue weighted by Crippen LogP contribution is 2.16. The Morgan fingerprint density at radius 2 is 2.18 bits per heavy atom. The Hall–Kier alpha value is -1.60. The molecule has 2 unspecified atom stereocenters. The smallest absolute Gasteiger partial charge is 0.128 e. The van der Waals surface area contributed by atoms with Crippen LogP contribution in [-0.2, 0) is 0 Å². The van der Waals surface area contributed by atoms with Crippen LogP contribution in [0.2, 0.25) is 0 Å². The van der Waals surface area contributed by atoms with Gasteiger partial charge >= 0.3 is 0 Å². The number of hydrogen-bond donors (Lipinski definition) is 1. The molecule has 0 spiro atoms. The molecule has 1 heterocycles. The van der Waals surface area contributed by atoms with Gasteiger partial charge in [-0.2, -0.15) is 5.26 Å². The molecule has 0 aliphatic heterocycles. The van der Waals surface area contributed by atoms with E-state index in [1.165, 1.54) is 0 Å². The highest BCUT2D eigenvalue weighted by molar-refractivity contribution is 5.39. The van der Waals surface area contributed by atoms with Gasteiger partial charge in [-0.1, -0.05) is 6.07 Å². The van der Waals surface area contributed by atoms with Crippen molar-refractivity contribution in [3.63, 3.8) is 0 Å². The first-order valence-electron chi connectivity index (χ1n) is 5.87. The first kappa shape index (κ1) is 13.5. The zero-order valence-corrected chi connectivity index (χ0v) is 10.6. The van der Waals surface area contributed by atoms with Crippen LogP contribution in [0.5, 0.6) is 0 Å². The van der Waals surface area contributed by atoms with Crippen molar-refractivity contribution in [2.24, 2.45) is 5.92 Å². The largest absolute Gasteiger partial charge is 0.389 e. The molecule has 0 aromatic carbocycles. The highest BCUT2D eigenvalue weighted by Gasteiger charge is 2.10. The van der Waals surface area contributed by atoms with Crippen LogP contribution in [0, 0.1) is 17.2 Å². The third-order valence-electron chi connectivity index (χ3n) is 2.67. The van der Waals surface area contributed by atoms with E-state index in [1.54, 1.807) is 13.1 Å². The number of anilines is 1. The molecule has 0 aliphatic rings. The predicted octanol–water partition coefficient (Wildman–Crippen LogP) is 2.12. The Labute approximate surface area is 103 Å². The summed E-state index contributed by atoms with van der Waals surface area (Å²) in [7, 11) is 0. The quantitative estimate of drug-likeness (QED) is 0.846. The van der Waals surface area contributed by atoms with E-state index in [0.717, 1.165) is 17.9 Å². The lowest BCUT2D eigenvalue weighted by atomic mass is 10.1. The topological polar surface area (TPSA) is 60.2 Å². The van der Waals surface area contributed by atoms with Gasteiger partial charge < -0.3 is 10.0 Å². The Morgan fingerprint density at radius 1 is 1.47 bits per heavy atom. The van der Waals surface area contributed by atoms with Gasteiger partial charge in [0.2, 0.25) is 0 Å². The van der Waals surface area contributed by atoms with Crippen LogP contribution in [0.15, 0.2) is 18.3 Å². The predicted molar refractivity (Wildman–Crippen MR) is 67.5 cm³/mol. The van der Waals surface area contributed by atoms with Crippen LogP contribution in [0.1, 0.15) is 32.4 Å². The lowest BCUT2D eigenvalue weighted by molar-refractivity contribution is 0.199. The summed E-state index contributed by atoms with van der Waals surface area (Å²) >= 11 is 0. The Morgan fingerprint density at radius 3 is 2.59 bits per heavy atom. The third kappa shape index (κ3) is 3.72. The molecule has 0 fully saturated rings.